The quantitative estimate of drug-likeness (QED) is 0.407. The molecule has 0 amide bonds. The summed E-state index contributed by atoms with van der Waals surface area (Å²) in [6, 6.07) is 20.7. The van der Waals surface area contributed by atoms with Gasteiger partial charge in [0.1, 0.15) is 5.75 Å². The van der Waals surface area contributed by atoms with Gasteiger partial charge in [0.25, 0.3) is 10.0 Å². The van der Waals surface area contributed by atoms with Crippen molar-refractivity contribution in [2.75, 3.05) is 17.1 Å². The molecule has 0 aromatic heterocycles. The third-order valence-electron chi connectivity index (χ3n) is 6.19. The van der Waals surface area contributed by atoms with Gasteiger partial charge in [0.15, 0.2) is 0 Å². The number of fused-ring (bicyclic) bond motifs is 3. The van der Waals surface area contributed by atoms with Crippen LogP contribution in [0.5, 0.6) is 5.75 Å². The number of hydrogen-bond donors (Lipinski definition) is 2. The van der Waals surface area contributed by atoms with Gasteiger partial charge in [-0.25, -0.2) is 8.42 Å². The number of methoxy groups -OCH3 is 1. The van der Waals surface area contributed by atoms with Gasteiger partial charge in [-0.15, -0.1) is 0 Å². The molecule has 0 fully saturated rings. The van der Waals surface area contributed by atoms with Crippen molar-refractivity contribution in [3.8, 4) is 5.75 Å². The molecular formula is C25H23BrN2O3S. The SMILES string of the molecule is COc1ccc(NS(=O)(=O)c2ccc3c(c2)[C@H]2C=CC[C@H]2[C@@H](c2cccc(Br)c2)N3)cc1. The zero-order valence-corrected chi connectivity index (χ0v) is 19.9. The van der Waals surface area contributed by atoms with Crippen LogP contribution in [0.15, 0.2) is 88.3 Å². The first kappa shape index (κ1) is 21.1. The normalized spacial score (nSPS) is 21.4. The highest BCUT2D eigenvalue weighted by Crippen LogP contribution is 2.50. The molecule has 1 aliphatic carbocycles. The summed E-state index contributed by atoms with van der Waals surface area (Å²) in [5, 5.41) is 3.66. The monoisotopic (exact) mass is 510 g/mol. The van der Waals surface area contributed by atoms with Gasteiger partial charge < -0.3 is 10.1 Å². The Morgan fingerprint density at radius 1 is 1.06 bits per heavy atom. The second-order valence-electron chi connectivity index (χ2n) is 8.11. The van der Waals surface area contributed by atoms with Crippen molar-refractivity contribution in [1.29, 1.82) is 0 Å². The van der Waals surface area contributed by atoms with Crippen LogP contribution in [0, 0.1) is 5.92 Å². The first-order chi connectivity index (χ1) is 15.4. The lowest BCUT2D eigenvalue weighted by Gasteiger charge is -2.37. The average Bonchev–Trinajstić information content (AvgIpc) is 3.29. The summed E-state index contributed by atoms with van der Waals surface area (Å²) in [6.07, 6.45) is 5.37. The Hall–Kier alpha value is -2.77. The van der Waals surface area contributed by atoms with Crippen LogP contribution >= 0.6 is 15.9 Å². The van der Waals surface area contributed by atoms with E-state index in [1.165, 1.54) is 5.56 Å². The molecule has 3 atom stereocenters. The zero-order chi connectivity index (χ0) is 22.3. The van der Waals surface area contributed by atoms with Gasteiger partial charge >= 0.3 is 0 Å². The highest BCUT2D eigenvalue weighted by molar-refractivity contribution is 9.10. The van der Waals surface area contributed by atoms with Gasteiger partial charge in [0.2, 0.25) is 0 Å². The molecule has 32 heavy (non-hydrogen) atoms. The molecule has 0 saturated carbocycles. The molecule has 0 radical (unpaired) electrons. The Balaban J connectivity index is 1.46. The lowest BCUT2D eigenvalue weighted by Crippen LogP contribution is -2.29. The highest BCUT2D eigenvalue weighted by Gasteiger charge is 2.38. The molecule has 0 unspecified atom stereocenters. The van der Waals surface area contributed by atoms with Crippen molar-refractivity contribution < 1.29 is 13.2 Å². The number of anilines is 2. The van der Waals surface area contributed by atoms with E-state index in [1.807, 2.05) is 12.1 Å². The van der Waals surface area contributed by atoms with Gasteiger partial charge in [-0.05, 0) is 78.1 Å². The molecule has 7 heteroatoms. The number of hydrogen-bond acceptors (Lipinski definition) is 4. The van der Waals surface area contributed by atoms with Gasteiger partial charge in [-0.2, -0.15) is 0 Å². The first-order valence-electron chi connectivity index (χ1n) is 10.4. The zero-order valence-electron chi connectivity index (χ0n) is 17.5. The predicted molar refractivity (Wildman–Crippen MR) is 131 cm³/mol. The molecule has 164 valence electrons. The minimum absolute atomic E-state index is 0.167. The molecule has 0 saturated heterocycles. The molecule has 3 aromatic carbocycles. The number of halogens is 1. The van der Waals surface area contributed by atoms with Gasteiger partial charge in [-0.1, -0.05) is 40.2 Å². The second-order valence-corrected chi connectivity index (χ2v) is 10.7. The van der Waals surface area contributed by atoms with Crippen LogP contribution in [-0.2, 0) is 10.0 Å². The summed E-state index contributed by atoms with van der Waals surface area (Å²) in [6.45, 7) is 0. The van der Waals surface area contributed by atoms with Gasteiger partial charge in [-0.3, -0.25) is 4.72 Å². The third kappa shape index (κ3) is 3.91. The minimum Gasteiger partial charge on any atom is -0.497 e. The summed E-state index contributed by atoms with van der Waals surface area (Å²) in [5.74, 6) is 1.18. The molecule has 0 spiro atoms. The lowest BCUT2D eigenvalue weighted by molar-refractivity contribution is 0.415. The molecular weight excluding hydrogens is 488 g/mol. The molecule has 5 nitrogen and oxygen atoms in total. The Labute approximate surface area is 196 Å². The molecule has 3 aromatic rings. The number of allylic oxidation sites excluding steroid dienone is 2. The highest BCUT2D eigenvalue weighted by atomic mass is 79.9. The third-order valence-corrected chi connectivity index (χ3v) is 8.07. The fraction of sp³-hybridized carbons (Fsp3) is 0.200. The van der Waals surface area contributed by atoms with Gasteiger partial charge in [0.05, 0.1) is 18.0 Å². The van der Waals surface area contributed by atoms with Crippen molar-refractivity contribution in [1.82, 2.24) is 0 Å². The molecule has 1 heterocycles. The smallest absolute Gasteiger partial charge is 0.261 e. The van der Waals surface area contributed by atoms with E-state index in [9.17, 15) is 8.42 Å². The van der Waals surface area contributed by atoms with Crippen molar-refractivity contribution in [2.24, 2.45) is 5.92 Å². The maximum atomic E-state index is 13.1. The first-order valence-corrected chi connectivity index (χ1v) is 12.7. The molecule has 2 N–H and O–H groups in total. The van der Waals surface area contributed by atoms with E-state index in [2.05, 4.69) is 56.3 Å². The summed E-state index contributed by atoms with van der Waals surface area (Å²) < 4.78 is 35.0. The van der Waals surface area contributed by atoms with E-state index in [4.69, 9.17) is 4.74 Å². The molecule has 2 aliphatic rings. The number of sulfonamides is 1. The standard InChI is InChI=1S/C25H23BrN2O3S/c1-31-19-10-8-18(9-11-19)28-32(29,30)20-12-13-24-23(15-20)21-6-3-7-22(21)25(27-24)16-4-2-5-17(26)14-16/h2-6,8-15,21-22,25,27-28H,7H2,1H3/t21-,22+,25+/m0/s1. The Morgan fingerprint density at radius 3 is 2.62 bits per heavy atom. The van der Waals surface area contributed by atoms with E-state index < -0.39 is 10.0 Å². The number of benzene rings is 3. The number of ether oxygens (including phenoxy) is 1. The largest absolute Gasteiger partial charge is 0.497 e. The number of rotatable bonds is 5. The van der Waals surface area contributed by atoms with Crippen molar-refractivity contribution in [3.05, 3.63) is 94.5 Å². The second kappa shape index (κ2) is 8.30. The molecule has 0 bridgehead atoms. The topological polar surface area (TPSA) is 67.4 Å². The van der Waals surface area contributed by atoms with E-state index >= 15 is 0 Å². The van der Waals surface area contributed by atoms with Crippen molar-refractivity contribution in [3.63, 3.8) is 0 Å². The van der Waals surface area contributed by atoms with Crippen LogP contribution in [0.3, 0.4) is 0 Å². The fourth-order valence-electron chi connectivity index (χ4n) is 4.64. The van der Waals surface area contributed by atoms with Crippen LogP contribution in [0.25, 0.3) is 0 Å². The summed E-state index contributed by atoms with van der Waals surface area (Å²) in [7, 11) is -2.14. The Kier molecular flexibility index (Phi) is 5.47. The van der Waals surface area contributed by atoms with Crippen molar-refractivity contribution >= 4 is 37.3 Å². The van der Waals surface area contributed by atoms with Crippen LogP contribution in [0.4, 0.5) is 11.4 Å². The predicted octanol–water partition coefficient (Wildman–Crippen LogP) is 6.09. The molecule has 1 aliphatic heterocycles. The Morgan fingerprint density at radius 2 is 1.88 bits per heavy atom. The van der Waals surface area contributed by atoms with Crippen LogP contribution in [0.1, 0.15) is 29.5 Å². The van der Waals surface area contributed by atoms with E-state index in [-0.39, 0.29) is 16.9 Å². The number of nitrogens with one attached hydrogen (secondary N) is 2. The minimum atomic E-state index is -3.72. The lowest BCUT2D eigenvalue weighted by atomic mass is 9.77. The van der Waals surface area contributed by atoms with Gasteiger partial charge in [0, 0.05) is 21.8 Å². The van der Waals surface area contributed by atoms with E-state index in [1.54, 1.807) is 43.5 Å². The van der Waals surface area contributed by atoms with Crippen LogP contribution in [0.2, 0.25) is 0 Å². The van der Waals surface area contributed by atoms with Crippen LogP contribution < -0.4 is 14.8 Å². The maximum Gasteiger partial charge on any atom is 0.261 e. The Bertz CT molecular complexity index is 1290. The van der Waals surface area contributed by atoms with E-state index in [0.29, 0.717) is 17.4 Å². The summed E-state index contributed by atoms with van der Waals surface area (Å²) in [4.78, 5) is 0.258. The van der Waals surface area contributed by atoms with Crippen LogP contribution in [-0.4, -0.2) is 15.5 Å². The summed E-state index contributed by atoms with van der Waals surface area (Å²) in [5.41, 5.74) is 3.72. The fourth-order valence-corrected chi connectivity index (χ4v) is 6.15. The van der Waals surface area contributed by atoms with Crippen molar-refractivity contribution in [2.45, 2.75) is 23.3 Å². The molecule has 5 rings (SSSR count). The van der Waals surface area contributed by atoms with E-state index in [0.717, 1.165) is 22.1 Å². The maximum absolute atomic E-state index is 13.1. The summed E-state index contributed by atoms with van der Waals surface area (Å²) >= 11 is 3.58. The average molecular weight is 511 g/mol.